The molecule has 2 rings (SSSR count). The predicted octanol–water partition coefficient (Wildman–Crippen LogP) is 3.45. The Morgan fingerprint density at radius 3 is 0.909 bits per heavy atom. The second-order valence-electron chi connectivity index (χ2n) is 2.80. The van der Waals surface area contributed by atoms with E-state index < -0.39 is 0 Å². The van der Waals surface area contributed by atoms with Gasteiger partial charge < -0.3 is 0 Å². The second kappa shape index (κ2) is 8.95. The first kappa shape index (κ1) is 11.9. The van der Waals surface area contributed by atoms with Crippen molar-refractivity contribution in [1.82, 2.24) is 0 Å². The molecule has 0 unspecified atom stereocenters. The van der Waals surface area contributed by atoms with E-state index in [-0.39, 0.29) is 41.7 Å². The number of rotatable bonds is 0. The molecule has 0 saturated carbocycles. The molecule has 2 aliphatic carbocycles. The maximum absolute atomic E-state index is 2.24. The van der Waals surface area contributed by atoms with E-state index in [4.69, 9.17) is 0 Å². The van der Waals surface area contributed by atoms with Crippen LogP contribution in [0.25, 0.3) is 0 Å². The van der Waals surface area contributed by atoms with Crippen LogP contribution in [0.3, 0.4) is 0 Å². The van der Waals surface area contributed by atoms with Gasteiger partial charge in [0.15, 0.2) is 0 Å². The molecule has 0 N–H and O–H groups in total. The normalized spacial score (nSPS) is 18.9. The van der Waals surface area contributed by atoms with Crippen LogP contribution in [0, 0.1) is 41.7 Å². The molecule has 0 amide bonds. The Morgan fingerprint density at radius 2 is 0.818 bits per heavy atom. The molecule has 60 valence electrons. The van der Waals surface area contributed by atoms with Crippen molar-refractivity contribution in [3.05, 3.63) is 24.3 Å². The van der Waals surface area contributed by atoms with E-state index >= 15 is 0 Å². The molecule has 0 spiro atoms. The fourth-order valence-corrected chi connectivity index (χ4v) is 1.18. The van der Waals surface area contributed by atoms with Crippen LogP contribution in [-0.4, -0.2) is 0 Å². The average molecular weight is 276 g/mol. The molecular weight excluding hydrogens is 260 g/mol. The Balaban J connectivity index is 0.000000167. The standard InChI is InChI=1S/2C5H8.Ce/c2*1-2-4-5-3-1;/h2*1-2H,3-5H2;. The third-order valence-corrected chi connectivity index (χ3v) is 1.82. The Labute approximate surface area is 104 Å². The third kappa shape index (κ3) is 7.23. The molecule has 0 nitrogen and oxygen atoms in total. The van der Waals surface area contributed by atoms with E-state index in [1.807, 2.05) is 0 Å². The second-order valence-corrected chi connectivity index (χ2v) is 2.80. The Morgan fingerprint density at radius 1 is 0.545 bits per heavy atom. The van der Waals surface area contributed by atoms with Gasteiger partial charge in [-0.05, 0) is 38.5 Å². The van der Waals surface area contributed by atoms with Crippen molar-refractivity contribution in [2.45, 2.75) is 38.5 Å². The summed E-state index contributed by atoms with van der Waals surface area (Å²) in [4.78, 5) is 0. The van der Waals surface area contributed by atoms with Crippen molar-refractivity contribution in [3.63, 3.8) is 0 Å². The molecule has 0 aromatic carbocycles. The van der Waals surface area contributed by atoms with E-state index in [9.17, 15) is 0 Å². The number of allylic oxidation sites excluding steroid dienone is 4. The maximum atomic E-state index is 2.24. The first-order valence-electron chi connectivity index (χ1n) is 4.30. The van der Waals surface area contributed by atoms with Crippen molar-refractivity contribution in [2.75, 3.05) is 0 Å². The molecule has 2 aliphatic rings. The van der Waals surface area contributed by atoms with E-state index in [2.05, 4.69) is 24.3 Å². The minimum atomic E-state index is 0. The summed E-state index contributed by atoms with van der Waals surface area (Å²) in [6.07, 6.45) is 17.0. The molecule has 1 heteroatoms. The molecule has 0 aromatic heterocycles. The summed E-state index contributed by atoms with van der Waals surface area (Å²) in [5.74, 6) is 0. The molecule has 0 aliphatic heterocycles. The van der Waals surface area contributed by atoms with E-state index in [0.29, 0.717) is 0 Å². The monoisotopic (exact) mass is 276 g/mol. The van der Waals surface area contributed by atoms with Crippen LogP contribution in [0.5, 0.6) is 0 Å². The minimum absolute atomic E-state index is 0. The zero-order valence-corrected chi connectivity index (χ0v) is 10.2. The summed E-state index contributed by atoms with van der Waals surface area (Å²) in [5, 5.41) is 0. The average Bonchev–Trinajstić information content (AvgIpc) is 2.67. The van der Waals surface area contributed by atoms with Gasteiger partial charge in [0.25, 0.3) is 0 Å². The molecule has 0 atom stereocenters. The number of hydrogen-bond donors (Lipinski definition) is 0. The van der Waals surface area contributed by atoms with Crippen LogP contribution in [0.2, 0.25) is 0 Å². The summed E-state index contributed by atoms with van der Waals surface area (Å²) in [6, 6.07) is 0. The van der Waals surface area contributed by atoms with Crippen LogP contribution in [0.4, 0.5) is 0 Å². The molecule has 0 bridgehead atoms. The van der Waals surface area contributed by atoms with Crippen LogP contribution in [0.15, 0.2) is 24.3 Å². The molecule has 0 aromatic rings. The van der Waals surface area contributed by atoms with Gasteiger partial charge in [0.05, 0.1) is 0 Å². The summed E-state index contributed by atoms with van der Waals surface area (Å²) in [6.45, 7) is 0. The van der Waals surface area contributed by atoms with Crippen LogP contribution >= 0.6 is 0 Å². The zero-order valence-electron chi connectivity index (χ0n) is 7.05. The number of hydrogen-bond acceptors (Lipinski definition) is 0. The first-order valence-corrected chi connectivity index (χ1v) is 4.30. The van der Waals surface area contributed by atoms with Crippen LogP contribution in [-0.2, 0) is 0 Å². The Kier molecular flexibility index (Phi) is 9.65. The SMILES string of the molecule is C1=CCCC1.C1=CCCC1.[Ce]. The molecule has 11 heavy (non-hydrogen) atoms. The quantitative estimate of drug-likeness (QED) is 0.594. The molecule has 0 heterocycles. The predicted molar refractivity (Wildman–Crippen MR) is 46.0 cm³/mol. The van der Waals surface area contributed by atoms with Gasteiger partial charge in [0.2, 0.25) is 0 Å². The Hall–Kier alpha value is 0.857. The van der Waals surface area contributed by atoms with Gasteiger partial charge in [-0.3, -0.25) is 0 Å². The van der Waals surface area contributed by atoms with Crippen molar-refractivity contribution in [2.24, 2.45) is 0 Å². The van der Waals surface area contributed by atoms with E-state index in [1.54, 1.807) is 0 Å². The van der Waals surface area contributed by atoms with Crippen molar-refractivity contribution in [1.29, 1.82) is 0 Å². The van der Waals surface area contributed by atoms with Gasteiger partial charge in [-0.25, -0.2) is 0 Å². The summed E-state index contributed by atoms with van der Waals surface area (Å²) < 4.78 is 0. The van der Waals surface area contributed by atoms with Crippen molar-refractivity contribution < 1.29 is 41.7 Å². The Bertz CT molecular complexity index is 96.8. The third-order valence-electron chi connectivity index (χ3n) is 1.82. The van der Waals surface area contributed by atoms with Gasteiger partial charge in [0.1, 0.15) is 0 Å². The van der Waals surface area contributed by atoms with Gasteiger partial charge in [0, 0.05) is 41.7 Å². The summed E-state index contributed by atoms with van der Waals surface area (Å²) >= 11 is 0. The summed E-state index contributed by atoms with van der Waals surface area (Å²) in [7, 11) is 0. The largest absolute Gasteiger partial charge is 0.0885 e. The van der Waals surface area contributed by atoms with E-state index in [1.165, 1.54) is 38.5 Å². The topological polar surface area (TPSA) is 0 Å². The molecule has 0 saturated heterocycles. The zero-order chi connectivity index (χ0) is 7.07. The molecule has 0 fully saturated rings. The fourth-order valence-electron chi connectivity index (χ4n) is 1.18. The van der Waals surface area contributed by atoms with Gasteiger partial charge >= 0.3 is 0 Å². The maximum Gasteiger partial charge on any atom is 0 e. The van der Waals surface area contributed by atoms with Crippen molar-refractivity contribution >= 4 is 0 Å². The van der Waals surface area contributed by atoms with Gasteiger partial charge in [-0.2, -0.15) is 0 Å². The molecule has 0 radical (unpaired) electrons. The van der Waals surface area contributed by atoms with Gasteiger partial charge in [-0.15, -0.1) is 0 Å². The van der Waals surface area contributed by atoms with Crippen molar-refractivity contribution in [3.8, 4) is 0 Å². The summed E-state index contributed by atoms with van der Waals surface area (Å²) in [5.41, 5.74) is 0. The molecular formula is C10H16Ce. The van der Waals surface area contributed by atoms with Crippen LogP contribution in [0.1, 0.15) is 38.5 Å². The first-order chi connectivity index (χ1) is 5.00. The van der Waals surface area contributed by atoms with Gasteiger partial charge in [-0.1, -0.05) is 24.3 Å². The smallest absolute Gasteiger partial charge is 0 e. The minimum Gasteiger partial charge on any atom is -0.0885 e. The van der Waals surface area contributed by atoms with E-state index in [0.717, 1.165) is 0 Å². The van der Waals surface area contributed by atoms with Crippen LogP contribution < -0.4 is 0 Å². The fraction of sp³-hybridized carbons (Fsp3) is 0.600.